The van der Waals surface area contributed by atoms with Gasteiger partial charge in [0.05, 0.1) is 13.0 Å². The zero-order chi connectivity index (χ0) is 22.4. The molecule has 1 aromatic carbocycles. The first-order chi connectivity index (χ1) is 13.4. The molecule has 1 aliphatic heterocycles. The van der Waals surface area contributed by atoms with E-state index in [9.17, 15) is 23.6 Å². The van der Waals surface area contributed by atoms with Gasteiger partial charge in [-0.1, -0.05) is 12.1 Å². The summed E-state index contributed by atoms with van der Waals surface area (Å²) in [5.41, 5.74) is -2.74. The van der Waals surface area contributed by atoms with E-state index in [2.05, 4.69) is 4.90 Å². The predicted octanol–water partition coefficient (Wildman–Crippen LogP) is 0.00530. The van der Waals surface area contributed by atoms with Crippen LogP contribution in [0.1, 0.15) is 17.9 Å². The molecule has 0 bridgehead atoms. The van der Waals surface area contributed by atoms with Crippen LogP contribution < -0.4 is 0 Å². The van der Waals surface area contributed by atoms with Gasteiger partial charge >= 0.3 is 29.5 Å². The number of piperidine rings is 1. The van der Waals surface area contributed by atoms with Gasteiger partial charge in [-0.2, -0.15) is 0 Å². The van der Waals surface area contributed by atoms with E-state index in [1.165, 1.54) is 19.2 Å². The summed E-state index contributed by atoms with van der Waals surface area (Å²) in [6.07, 6.45) is 0.891. The Kier molecular flexibility index (Phi) is 8.22. The second kappa shape index (κ2) is 9.94. The number of carbonyl (C=O) groups is 4. The highest BCUT2D eigenvalue weighted by Gasteiger charge is 2.53. The molecule has 0 radical (unpaired) electrons. The number of rotatable bonds is 5. The smallest absolute Gasteiger partial charge is 0.359 e. The van der Waals surface area contributed by atoms with E-state index in [0.717, 1.165) is 18.5 Å². The van der Waals surface area contributed by atoms with Gasteiger partial charge in [-0.25, -0.2) is 18.8 Å². The molecule has 1 saturated heterocycles. The highest BCUT2D eigenvalue weighted by molar-refractivity contribution is 6.19. The van der Waals surface area contributed by atoms with Crippen LogP contribution in [0.15, 0.2) is 24.3 Å². The molecule has 2 rings (SSSR count). The van der Waals surface area contributed by atoms with Crippen molar-refractivity contribution in [3.63, 3.8) is 0 Å². The van der Waals surface area contributed by atoms with Crippen LogP contribution >= 0.6 is 0 Å². The zero-order valence-corrected chi connectivity index (χ0v) is 15.7. The van der Waals surface area contributed by atoms with Crippen LogP contribution in [0, 0.1) is 11.7 Å². The minimum atomic E-state index is -3.75. The number of halogens is 1. The largest absolute Gasteiger partial charge is 0.478 e. The Morgan fingerprint density at radius 3 is 1.93 bits per heavy atom. The van der Waals surface area contributed by atoms with Crippen LogP contribution in [-0.2, 0) is 23.9 Å². The maximum Gasteiger partial charge on any atom is 0.359 e. The Hall–Kier alpha value is -3.05. The molecule has 2 unspecified atom stereocenters. The Balaban J connectivity index is 0.000000331. The first-order valence-electron chi connectivity index (χ1n) is 8.39. The maximum atomic E-state index is 12.9. The maximum absolute atomic E-state index is 12.9. The molecule has 160 valence electrons. The average molecular weight is 415 g/mol. The number of carbonyl (C=O) groups excluding carboxylic acids is 1. The molecule has 29 heavy (non-hydrogen) atoms. The molecular weight excluding hydrogens is 393 g/mol. The van der Waals surface area contributed by atoms with Crippen molar-refractivity contribution in [1.29, 1.82) is 0 Å². The van der Waals surface area contributed by atoms with Gasteiger partial charge in [0.25, 0.3) is 0 Å². The van der Waals surface area contributed by atoms with Crippen molar-refractivity contribution in [1.82, 2.24) is 4.90 Å². The van der Waals surface area contributed by atoms with Gasteiger partial charge in [0.15, 0.2) is 0 Å². The Morgan fingerprint density at radius 2 is 1.55 bits per heavy atom. The fourth-order valence-electron chi connectivity index (χ4n) is 2.89. The number of carboxylic acids is 3. The molecule has 1 heterocycles. The SMILES string of the molecule is COC(=O)C1CN(C)CCC1c1ccc(F)cc1.O=C(O)C(O)(C(=O)O)C(=O)O. The molecule has 0 saturated carbocycles. The summed E-state index contributed by atoms with van der Waals surface area (Å²) in [4.78, 5) is 43.6. The molecule has 1 fully saturated rings. The Bertz CT molecular complexity index is 729. The topological polar surface area (TPSA) is 162 Å². The van der Waals surface area contributed by atoms with E-state index in [0.29, 0.717) is 6.54 Å². The summed E-state index contributed by atoms with van der Waals surface area (Å²) >= 11 is 0. The number of hydrogen-bond acceptors (Lipinski definition) is 7. The number of aliphatic hydroxyl groups is 1. The lowest BCUT2D eigenvalue weighted by Gasteiger charge is -2.35. The van der Waals surface area contributed by atoms with E-state index in [1.807, 2.05) is 7.05 Å². The van der Waals surface area contributed by atoms with Crippen molar-refractivity contribution in [3.8, 4) is 0 Å². The van der Waals surface area contributed by atoms with Crippen LogP contribution in [0.25, 0.3) is 0 Å². The number of nitrogens with zero attached hydrogens (tertiary/aromatic N) is 1. The van der Waals surface area contributed by atoms with Gasteiger partial charge < -0.3 is 30.1 Å². The Labute approximate surface area is 165 Å². The van der Waals surface area contributed by atoms with Crippen molar-refractivity contribution in [3.05, 3.63) is 35.6 Å². The van der Waals surface area contributed by atoms with Crippen molar-refractivity contribution in [2.45, 2.75) is 17.9 Å². The summed E-state index contributed by atoms with van der Waals surface area (Å²) in [5, 5.41) is 32.3. The number of hydrogen-bond donors (Lipinski definition) is 4. The van der Waals surface area contributed by atoms with Crippen molar-refractivity contribution in [2.24, 2.45) is 5.92 Å². The minimum Gasteiger partial charge on any atom is -0.478 e. The molecular formula is C18H22FNO9. The van der Waals surface area contributed by atoms with Gasteiger partial charge in [0, 0.05) is 6.54 Å². The lowest BCUT2D eigenvalue weighted by atomic mass is 9.80. The summed E-state index contributed by atoms with van der Waals surface area (Å²) in [6.45, 7) is 1.63. The second-order valence-electron chi connectivity index (χ2n) is 6.46. The fraction of sp³-hybridized carbons (Fsp3) is 0.444. The third kappa shape index (κ3) is 5.72. The van der Waals surface area contributed by atoms with Gasteiger partial charge in [-0.15, -0.1) is 0 Å². The molecule has 0 aromatic heterocycles. The van der Waals surface area contributed by atoms with E-state index < -0.39 is 23.5 Å². The highest BCUT2D eigenvalue weighted by Crippen LogP contribution is 2.33. The molecule has 0 amide bonds. The van der Waals surface area contributed by atoms with Gasteiger partial charge in [0.2, 0.25) is 0 Å². The van der Waals surface area contributed by atoms with E-state index in [4.69, 9.17) is 25.2 Å². The van der Waals surface area contributed by atoms with Crippen LogP contribution in [0.2, 0.25) is 0 Å². The highest BCUT2D eigenvalue weighted by atomic mass is 19.1. The van der Waals surface area contributed by atoms with E-state index in [-0.39, 0.29) is 23.6 Å². The number of likely N-dealkylation sites (tertiary alicyclic amines) is 1. The quantitative estimate of drug-likeness (QED) is 0.380. The number of esters is 1. The van der Waals surface area contributed by atoms with Crippen molar-refractivity contribution in [2.75, 3.05) is 27.2 Å². The third-order valence-electron chi connectivity index (χ3n) is 4.55. The molecule has 4 N–H and O–H groups in total. The van der Waals surface area contributed by atoms with Crippen LogP contribution in [-0.4, -0.2) is 82.1 Å². The predicted molar refractivity (Wildman–Crippen MR) is 94.6 cm³/mol. The first kappa shape index (κ1) is 24.0. The van der Waals surface area contributed by atoms with Crippen LogP contribution in [0.3, 0.4) is 0 Å². The lowest BCUT2D eigenvalue weighted by molar-refractivity contribution is -0.186. The number of ether oxygens (including phenoxy) is 1. The van der Waals surface area contributed by atoms with Crippen molar-refractivity contribution >= 4 is 23.9 Å². The molecule has 11 heteroatoms. The average Bonchev–Trinajstić information content (AvgIpc) is 2.67. The number of benzene rings is 1. The number of carboxylic acid groups (broad SMARTS) is 3. The van der Waals surface area contributed by atoms with Crippen LogP contribution in [0.4, 0.5) is 4.39 Å². The monoisotopic (exact) mass is 415 g/mol. The fourth-order valence-corrected chi connectivity index (χ4v) is 2.89. The zero-order valence-electron chi connectivity index (χ0n) is 15.7. The first-order valence-corrected chi connectivity index (χ1v) is 8.39. The lowest BCUT2D eigenvalue weighted by Crippen LogP contribution is -2.53. The van der Waals surface area contributed by atoms with E-state index in [1.54, 1.807) is 12.1 Å². The van der Waals surface area contributed by atoms with Crippen molar-refractivity contribution < 1.29 is 48.7 Å². The summed E-state index contributed by atoms with van der Waals surface area (Å²) in [7, 11) is 3.41. The standard InChI is InChI=1S/C14H18FNO2.C4H4O7/c1-16-8-7-12(13(9-16)14(17)18-2)10-3-5-11(15)6-4-10;5-1(6)4(11,2(7)8)3(9)10/h3-6,12-13H,7-9H2,1-2H3;11H,(H,5,6)(H,7,8)(H,9,10). The van der Waals surface area contributed by atoms with Gasteiger partial charge in [-0.3, -0.25) is 4.79 Å². The summed E-state index contributed by atoms with van der Waals surface area (Å²) < 4.78 is 17.8. The molecule has 10 nitrogen and oxygen atoms in total. The molecule has 2 atom stereocenters. The molecule has 0 aliphatic carbocycles. The number of methoxy groups -OCH3 is 1. The minimum absolute atomic E-state index is 0.120. The third-order valence-corrected chi connectivity index (χ3v) is 4.55. The molecule has 1 aliphatic rings. The summed E-state index contributed by atoms with van der Waals surface area (Å²) in [6, 6.07) is 6.42. The van der Waals surface area contributed by atoms with Crippen LogP contribution in [0.5, 0.6) is 0 Å². The number of aliphatic carboxylic acids is 3. The molecule has 1 aromatic rings. The summed E-state index contributed by atoms with van der Waals surface area (Å²) in [5.74, 6) is -7.49. The molecule has 0 spiro atoms. The normalized spacial score (nSPS) is 19.4. The van der Waals surface area contributed by atoms with Gasteiger partial charge in [-0.05, 0) is 43.6 Å². The second-order valence-corrected chi connectivity index (χ2v) is 6.46. The van der Waals surface area contributed by atoms with E-state index >= 15 is 0 Å². The Morgan fingerprint density at radius 1 is 1.07 bits per heavy atom. The van der Waals surface area contributed by atoms with Gasteiger partial charge in [0.1, 0.15) is 5.82 Å².